The molecule has 0 fully saturated rings. The summed E-state index contributed by atoms with van der Waals surface area (Å²) in [6, 6.07) is -0.368. The van der Waals surface area contributed by atoms with Crippen LogP contribution in [0.2, 0.25) is 5.15 Å². The Labute approximate surface area is 104 Å². The van der Waals surface area contributed by atoms with Crippen LogP contribution < -0.4 is 5.32 Å². The van der Waals surface area contributed by atoms with Gasteiger partial charge in [-0.15, -0.1) is 11.3 Å². The molecule has 0 radical (unpaired) electrons. The van der Waals surface area contributed by atoms with Gasteiger partial charge in [-0.3, -0.25) is 0 Å². The van der Waals surface area contributed by atoms with Crippen molar-refractivity contribution in [2.45, 2.75) is 26.3 Å². The van der Waals surface area contributed by atoms with Crippen LogP contribution in [0.15, 0.2) is 5.38 Å². The molecule has 1 atom stereocenters. The number of carbonyl (C=O) groups excluding carboxylic acids is 1. The Morgan fingerprint density at radius 2 is 2.38 bits per heavy atom. The molecule has 0 aliphatic rings. The maximum Gasteiger partial charge on any atom is 0.328 e. The van der Waals surface area contributed by atoms with Gasteiger partial charge in [-0.25, -0.2) is 9.78 Å². The summed E-state index contributed by atoms with van der Waals surface area (Å²) in [7, 11) is 1.38. The highest BCUT2D eigenvalue weighted by Gasteiger charge is 2.21. The summed E-state index contributed by atoms with van der Waals surface area (Å²) in [5, 5.41) is 5.82. The topological polar surface area (TPSA) is 51.2 Å². The summed E-state index contributed by atoms with van der Waals surface area (Å²) in [6.45, 7) is 4.10. The highest BCUT2D eigenvalue weighted by atomic mass is 35.5. The molecule has 4 nitrogen and oxygen atoms in total. The van der Waals surface area contributed by atoms with E-state index in [0.29, 0.717) is 22.6 Å². The lowest BCUT2D eigenvalue weighted by Gasteiger charge is -2.17. The van der Waals surface area contributed by atoms with E-state index in [2.05, 4.69) is 10.3 Å². The van der Waals surface area contributed by atoms with Gasteiger partial charge in [0.05, 0.1) is 7.11 Å². The summed E-state index contributed by atoms with van der Waals surface area (Å²) < 4.78 is 4.73. The second-order valence-corrected chi connectivity index (χ2v) is 5.07. The monoisotopic (exact) mass is 262 g/mol. The van der Waals surface area contributed by atoms with E-state index in [-0.39, 0.29) is 12.0 Å². The van der Waals surface area contributed by atoms with E-state index in [1.165, 1.54) is 18.4 Å². The number of ether oxygens (including phenoxy) is 1. The molecule has 90 valence electrons. The van der Waals surface area contributed by atoms with Crippen molar-refractivity contribution < 1.29 is 9.53 Å². The van der Waals surface area contributed by atoms with Crippen molar-refractivity contribution in [1.82, 2.24) is 4.98 Å². The lowest BCUT2D eigenvalue weighted by atomic mass is 10.0. The van der Waals surface area contributed by atoms with Gasteiger partial charge in [0.1, 0.15) is 11.2 Å². The van der Waals surface area contributed by atoms with E-state index in [9.17, 15) is 4.79 Å². The Hall–Kier alpha value is -0.810. The Kier molecular flexibility index (Phi) is 5.02. The number of thiazole rings is 1. The third-order valence-corrected chi connectivity index (χ3v) is 3.06. The molecule has 1 aromatic heterocycles. The minimum atomic E-state index is -0.368. The lowest BCUT2D eigenvalue weighted by molar-refractivity contribution is -0.141. The molecular weight excluding hydrogens is 248 g/mol. The standard InChI is InChI=1S/C10H15ClN2O2S/c1-6(2)4-7(9(14)15-3)12-10-13-8(11)5-16-10/h5-7H,4H2,1-3H3,(H,12,13). The number of nitrogens with zero attached hydrogens (tertiary/aromatic N) is 1. The van der Waals surface area contributed by atoms with E-state index in [1.807, 2.05) is 13.8 Å². The molecule has 0 saturated carbocycles. The van der Waals surface area contributed by atoms with Crippen LogP contribution in [0.1, 0.15) is 20.3 Å². The molecule has 1 aromatic rings. The molecule has 1 rings (SSSR count). The molecule has 0 aliphatic carbocycles. The number of anilines is 1. The average molecular weight is 263 g/mol. The number of nitrogens with one attached hydrogen (secondary N) is 1. The van der Waals surface area contributed by atoms with Crippen LogP contribution >= 0.6 is 22.9 Å². The summed E-state index contributed by atoms with van der Waals surface area (Å²) >= 11 is 7.08. The van der Waals surface area contributed by atoms with Crippen molar-refractivity contribution in [2.24, 2.45) is 5.92 Å². The maximum absolute atomic E-state index is 11.5. The first-order valence-electron chi connectivity index (χ1n) is 4.98. The van der Waals surface area contributed by atoms with Gasteiger partial charge >= 0.3 is 5.97 Å². The molecule has 0 bridgehead atoms. The van der Waals surface area contributed by atoms with Gasteiger partial charge in [0.25, 0.3) is 0 Å². The second-order valence-electron chi connectivity index (χ2n) is 3.83. The second kappa shape index (κ2) is 6.06. The Morgan fingerprint density at radius 1 is 1.69 bits per heavy atom. The molecule has 0 amide bonds. The molecule has 1 heterocycles. The summed E-state index contributed by atoms with van der Waals surface area (Å²) in [5.74, 6) is 0.118. The first kappa shape index (κ1) is 13.3. The molecule has 0 aliphatic heterocycles. The van der Waals surface area contributed by atoms with Gasteiger partial charge in [0.15, 0.2) is 5.13 Å². The smallest absolute Gasteiger partial charge is 0.328 e. The van der Waals surface area contributed by atoms with Crippen molar-refractivity contribution in [3.8, 4) is 0 Å². The SMILES string of the molecule is COC(=O)C(CC(C)C)Nc1nc(Cl)cs1. The number of carbonyl (C=O) groups is 1. The van der Waals surface area contributed by atoms with Gasteiger partial charge in [-0.2, -0.15) is 0 Å². The van der Waals surface area contributed by atoms with E-state index >= 15 is 0 Å². The predicted octanol–water partition coefficient (Wildman–Crippen LogP) is 2.80. The Bertz CT molecular complexity index is 354. The molecule has 0 spiro atoms. The molecule has 0 saturated heterocycles. The van der Waals surface area contributed by atoms with Gasteiger partial charge in [-0.1, -0.05) is 25.4 Å². The minimum absolute atomic E-state index is 0.278. The first-order valence-corrected chi connectivity index (χ1v) is 6.24. The van der Waals surface area contributed by atoms with Gasteiger partial charge in [0, 0.05) is 5.38 Å². The molecule has 1 unspecified atom stereocenters. The van der Waals surface area contributed by atoms with Crippen LogP contribution in [-0.2, 0) is 9.53 Å². The number of methoxy groups -OCH3 is 1. The zero-order valence-corrected chi connectivity index (χ0v) is 11.1. The van der Waals surface area contributed by atoms with Gasteiger partial charge in [-0.05, 0) is 12.3 Å². The van der Waals surface area contributed by atoms with Crippen LogP contribution in [-0.4, -0.2) is 24.1 Å². The van der Waals surface area contributed by atoms with Crippen molar-refractivity contribution >= 4 is 34.0 Å². The molecule has 0 aromatic carbocycles. The first-order chi connectivity index (χ1) is 7.52. The summed E-state index contributed by atoms with van der Waals surface area (Å²) in [4.78, 5) is 15.6. The number of halogens is 1. The molecule has 6 heteroatoms. The van der Waals surface area contributed by atoms with E-state index in [1.54, 1.807) is 5.38 Å². The maximum atomic E-state index is 11.5. The van der Waals surface area contributed by atoms with Crippen LogP contribution in [0, 0.1) is 5.92 Å². The number of hydrogen-bond acceptors (Lipinski definition) is 5. The van der Waals surface area contributed by atoms with E-state index in [4.69, 9.17) is 16.3 Å². The average Bonchev–Trinajstić information content (AvgIpc) is 2.61. The zero-order chi connectivity index (χ0) is 12.1. The largest absolute Gasteiger partial charge is 0.467 e. The molecule has 16 heavy (non-hydrogen) atoms. The van der Waals surface area contributed by atoms with Crippen LogP contribution in [0.25, 0.3) is 0 Å². The van der Waals surface area contributed by atoms with E-state index in [0.717, 1.165) is 0 Å². The highest BCUT2D eigenvalue weighted by Crippen LogP contribution is 2.21. The van der Waals surface area contributed by atoms with Gasteiger partial charge in [0.2, 0.25) is 0 Å². The third kappa shape index (κ3) is 3.98. The summed E-state index contributed by atoms with van der Waals surface area (Å²) in [5.41, 5.74) is 0. The van der Waals surface area contributed by atoms with Crippen LogP contribution in [0.4, 0.5) is 5.13 Å². The fourth-order valence-corrected chi connectivity index (χ4v) is 2.19. The van der Waals surface area contributed by atoms with Gasteiger partial charge < -0.3 is 10.1 Å². The zero-order valence-electron chi connectivity index (χ0n) is 9.49. The molecular formula is C10H15ClN2O2S. The van der Waals surface area contributed by atoms with Crippen molar-refractivity contribution in [3.63, 3.8) is 0 Å². The fraction of sp³-hybridized carbons (Fsp3) is 0.600. The lowest BCUT2D eigenvalue weighted by Crippen LogP contribution is -2.32. The predicted molar refractivity (Wildman–Crippen MR) is 66.0 cm³/mol. The fourth-order valence-electron chi connectivity index (χ4n) is 1.30. The number of rotatable bonds is 5. The van der Waals surface area contributed by atoms with E-state index < -0.39 is 0 Å². The summed E-state index contributed by atoms with van der Waals surface area (Å²) in [6.07, 6.45) is 0.698. The van der Waals surface area contributed by atoms with Crippen molar-refractivity contribution in [1.29, 1.82) is 0 Å². The number of hydrogen-bond donors (Lipinski definition) is 1. The normalized spacial score (nSPS) is 12.6. The third-order valence-electron chi connectivity index (χ3n) is 1.97. The molecule has 1 N–H and O–H groups in total. The number of aromatic nitrogens is 1. The minimum Gasteiger partial charge on any atom is -0.467 e. The highest BCUT2D eigenvalue weighted by molar-refractivity contribution is 7.14. The quantitative estimate of drug-likeness (QED) is 0.829. The van der Waals surface area contributed by atoms with Crippen LogP contribution in [0.3, 0.4) is 0 Å². The Morgan fingerprint density at radius 3 is 2.81 bits per heavy atom. The van der Waals surface area contributed by atoms with Crippen molar-refractivity contribution in [3.05, 3.63) is 10.5 Å². The number of esters is 1. The Balaban J connectivity index is 2.66. The van der Waals surface area contributed by atoms with Crippen molar-refractivity contribution in [2.75, 3.05) is 12.4 Å². The van der Waals surface area contributed by atoms with Crippen LogP contribution in [0.5, 0.6) is 0 Å².